The second kappa shape index (κ2) is 2.25. The van der Waals surface area contributed by atoms with Crippen molar-refractivity contribution in [1.82, 2.24) is 4.90 Å². The Kier molecular flexibility index (Phi) is 1.34. The standard InChI is InChI=1S/C9H13NO3/c11-8(12)7-4-10-3-6-1-9(10,2-6)5-13-7/h6-7H,1-5H2,(H,11,12). The maximum absolute atomic E-state index is 10.7. The Labute approximate surface area is 76.5 Å². The molecule has 1 N–H and O–H groups in total. The summed E-state index contributed by atoms with van der Waals surface area (Å²) in [6.07, 6.45) is 1.85. The van der Waals surface area contributed by atoms with Crippen molar-refractivity contribution < 1.29 is 14.6 Å². The van der Waals surface area contributed by atoms with Crippen molar-refractivity contribution in [2.45, 2.75) is 24.5 Å². The van der Waals surface area contributed by atoms with E-state index in [0.717, 1.165) is 12.5 Å². The Morgan fingerprint density at radius 1 is 1.46 bits per heavy atom. The highest BCUT2D eigenvalue weighted by atomic mass is 16.5. The highest BCUT2D eigenvalue weighted by Crippen LogP contribution is 2.52. The minimum atomic E-state index is -0.820. The molecule has 0 aromatic carbocycles. The third-order valence-electron chi connectivity index (χ3n) is 3.70. The van der Waals surface area contributed by atoms with Gasteiger partial charge in [0, 0.05) is 18.6 Å². The fraction of sp³-hybridized carbons (Fsp3) is 0.889. The van der Waals surface area contributed by atoms with Crippen molar-refractivity contribution in [2.75, 3.05) is 19.7 Å². The van der Waals surface area contributed by atoms with E-state index in [-0.39, 0.29) is 5.54 Å². The first-order chi connectivity index (χ1) is 6.20. The summed E-state index contributed by atoms with van der Waals surface area (Å²) in [6.45, 7) is 2.30. The SMILES string of the molecule is O=C(O)C1CN2CC3CC2(CO1)C3. The van der Waals surface area contributed by atoms with Gasteiger partial charge in [-0.25, -0.2) is 4.79 Å². The zero-order valence-electron chi connectivity index (χ0n) is 7.40. The third kappa shape index (κ3) is 0.901. The van der Waals surface area contributed by atoms with Crippen molar-refractivity contribution in [3.8, 4) is 0 Å². The van der Waals surface area contributed by atoms with Crippen LogP contribution in [0.25, 0.3) is 0 Å². The second-order valence-corrected chi connectivity index (χ2v) is 4.54. The summed E-state index contributed by atoms with van der Waals surface area (Å²) in [5.74, 6) is -0.00454. The van der Waals surface area contributed by atoms with Crippen LogP contribution in [0.15, 0.2) is 0 Å². The van der Waals surface area contributed by atoms with Crippen LogP contribution in [0.5, 0.6) is 0 Å². The highest BCUT2D eigenvalue weighted by molar-refractivity contribution is 5.72. The van der Waals surface area contributed by atoms with Gasteiger partial charge in [0.05, 0.1) is 6.61 Å². The van der Waals surface area contributed by atoms with Crippen molar-refractivity contribution in [3.63, 3.8) is 0 Å². The number of ether oxygens (including phenoxy) is 1. The normalized spacial score (nSPS) is 48.3. The average Bonchev–Trinajstić information content (AvgIpc) is 2.54. The monoisotopic (exact) mass is 183 g/mol. The van der Waals surface area contributed by atoms with Gasteiger partial charge in [0.25, 0.3) is 0 Å². The van der Waals surface area contributed by atoms with E-state index >= 15 is 0 Å². The van der Waals surface area contributed by atoms with Gasteiger partial charge in [-0.2, -0.15) is 0 Å². The zero-order chi connectivity index (χ0) is 9.05. The zero-order valence-corrected chi connectivity index (χ0v) is 7.40. The minimum Gasteiger partial charge on any atom is -0.479 e. The van der Waals surface area contributed by atoms with E-state index in [1.807, 2.05) is 0 Å². The van der Waals surface area contributed by atoms with E-state index in [9.17, 15) is 4.79 Å². The van der Waals surface area contributed by atoms with Crippen molar-refractivity contribution >= 4 is 5.97 Å². The molecule has 4 heteroatoms. The average molecular weight is 183 g/mol. The smallest absolute Gasteiger partial charge is 0.334 e. The Morgan fingerprint density at radius 2 is 2.23 bits per heavy atom. The molecule has 3 saturated heterocycles. The predicted molar refractivity (Wildman–Crippen MR) is 44.4 cm³/mol. The molecule has 4 aliphatic rings. The second-order valence-electron chi connectivity index (χ2n) is 4.54. The summed E-state index contributed by atoms with van der Waals surface area (Å²) in [5, 5.41) is 8.80. The van der Waals surface area contributed by atoms with Crippen LogP contribution in [0.2, 0.25) is 0 Å². The largest absolute Gasteiger partial charge is 0.479 e. The molecule has 4 rings (SSSR count). The molecule has 2 bridgehead atoms. The Bertz CT molecular complexity index is 260. The molecule has 4 nitrogen and oxygen atoms in total. The summed E-state index contributed by atoms with van der Waals surface area (Å²) in [7, 11) is 0. The maximum Gasteiger partial charge on any atom is 0.334 e. The van der Waals surface area contributed by atoms with Gasteiger partial charge in [-0.3, -0.25) is 4.90 Å². The lowest BCUT2D eigenvalue weighted by molar-refractivity contribution is -0.165. The number of aliphatic carboxylic acids is 1. The van der Waals surface area contributed by atoms with Crippen LogP contribution < -0.4 is 0 Å². The molecule has 1 atom stereocenters. The molecular formula is C9H13NO3. The highest BCUT2D eigenvalue weighted by Gasteiger charge is 2.58. The molecule has 1 spiro atoms. The fourth-order valence-electron chi connectivity index (χ4n) is 3.04. The Morgan fingerprint density at radius 3 is 2.92 bits per heavy atom. The van der Waals surface area contributed by atoms with Gasteiger partial charge in [0.1, 0.15) is 0 Å². The van der Waals surface area contributed by atoms with E-state index < -0.39 is 12.1 Å². The topological polar surface area (TPSA) is 49.8 Å². The molecule has 72 valence electrons. The molecule has 13 heavy (non-hydrogen) atoms. The van der Waals surface area contributed by atoms with Gasteiger partial charge in [0.2, 0.25) is 0 Å². The van der Waals surface area contributed by atoms with Crippen LogP contribution >= 0.6 is 0 Å². The fourth-order valence-corrected chi connectivity index (χ4v) is 3.04. The van der Waals surface area contributed by atoms with Crippen LogP contribution in [0.3, 0.4) is 0 Å². The maximum atomic E-state index is 10.7. The van der Waals surface area contributed by atoms with Crippen LogP contribution in [-0.2, 0) is 9.53 Å². The number of morpholine rings is 1. The molecule has 1 unspecified atom stereocenters. The minimum absolute atomic E-state index is 0.247. The number of rotatable bonds is 1. The lowest BCUT2D eigenvalue weighted by Crippen LogP contribution is -2.58. The molecule has 0 amide bonds. The Hall–Kier alpha value is -0.610. The molecule has 1 aliphatic carbocycles. The first-order valence-corrected chi connectivity index (χ1v) is 4.79. The van der Waals surface area contributed by atoms with Gasteiger partial charge in [-0.15, -0.1) is 0 Å². The molecule has 0 aromatic rings. The number of carboxylic acids is 1. The lowest BCUT2D eigenvalue weighted by atomic mass is 9.73. The van der Waals surface area contributed by atoms with Gasteiger partial charge in [-0.05, 0) is 18.8 Å². The van der Waals surface area contributed by atoms with Crippen LogP contribution in [0, 0.1) is 5.92 Å². The van der Waals surface area contributed by atoms with E-state index in [2.05, 4.69) is 4.90 Å². The van der Waals surface area contributed by atoms with E-state index in [4.69, 9.17) is 9.84 Å². The van der Waals surface area contributed by atoms with E-state index in [1.165, 1.54) is 12.8 Å². The van der Waals surface area contributed by atoms with Crippen molar-refractivity contribution in [1.29, 1.82) is 0 Å². The van der Waals surface area contributed by atoms with Crippen LogP contribution in [0.4, 0.5) is 0 Å². The molecular weight excluding hydrogens is 170 g/mol. The molecule has 0 radical (unpaired) electrons. The number of carbonyl (C=O) groups is 1. The summed E-state index contributed by atoms with van der Waals surface area (Å²) in [6, 6.07) is 0. The molecule has 1 saturated carbocycles. The van der Waals surface area contributed by atoms with Crippen molar-refractivity contribution in [3.05, 3.63) is 0 Å². The first-order valence-electron chi connectivity index (χ1n) is 4.79. The molecule has 0 aromatic heterocycles. The number of carboxylic acid groups (broad SMARTS) is 1. The van der Waals surface area contributed by atoms with E-state index in [1.54, 1.807) is 0 Å². The summed E-state index contributed by atoms with van der Waals surface area (Å²) in [5.41, 5.74) is 0.247. The summed E-state index contributed by atoms with van der Waals surface area (Å²) in [4.78, 5) is 13.0. The van der Waals surface area contributed by atoms with Crippen LogP contribution in [-0.4, -0.2) is 47.3 Å². The summed E-state index contributed by atoms with van der Waals surface area (Å²) < 4.78 is 5.35. The Balaban J connectivity index is 1.77. The summed E-state index contributed by atoms with van der Waals surface area (Å²) >= 11 is 0. The molecule has 3 heterocycles. The molecule has 4 fully saturated rings. The quantitative estimate of drug-likeness (QED) is 0.618. The van der Waals surface area contributed by atoms with Gasteiger partial charge < -0.3 is 9.84 Å². The van der Waals surface area contributed by atoms with Crippen molar-refractivity contribution in [2.24, 2.45) is 5.92 Å². The van der Waals surface area contributed by atoms with Gasteiger partial charge in [0.15, 0.2) is 6.10 Å². The number of hydrogen-bond donors (Lipinski definition) is 1. The van der Waals surface area contributed by atoms with Gasteiger partial charge in [-0.1, -0.05) is 0 Å². The predicted octanol–water partition coefficient (Wildman–Crippen LogP) is -0.0658. The number of hydrogen-bond acceptors (Lipinski definition) is 3. The molecule has 3 aliphatic heterocycles. The first kappa shape index (κ1) is 7.76. The number of nitrogens with zero attached hydrogens (tertiary/aromatic N) is 1. The van der Waals surface area contributed by atoms with E-state index in [0.29, 0.717) is 13.2 Å². The lowest BCUT2D eigenvalue weighted by Gasteiger charge is -2.46. The van der Waals surface area contributed by atoms with Crippen LogP contribution in [0.1, 0.15) is 12.8 Å². The van der Waals surface area contributed by atoms with Gasteiger partial charge >= 0.3 is 5.97 Å². The third-order valence-corrected chi connectivity index (χ3v) is 3.70.